The molecule has 0 aliphatic carbocycles. The summed E-state index contributed by atoms with van der Waals surface area (Å²) in [6.45, 7) is 3.74. The molecule has 0 radical (unpaired) electrons. The minimum absolute atomic E-state index is 0.0994. The summed E-state index contributed by atoms with van der Waals surface area (Å²) in [5, 5.41) is 2.62. The molecule has 5 nitrogen and oxygen atoms in total. The van der Waals surface area contributed by atoms with Crippen molar-refractivity contribution in [3.05, 3.63) is 58.7 Å². The number of carbonyl (C=O) groups excluding carboxylic acids is 1. The van der Waals surface area contributed by atoms with Crippen LogP contribution < -0.4 is 21.9 Å². The summed E-state index contributed by atoms with van der Waals surface area (Å²) in [5.41, 5.74) is 11.7. The van der Waals surface area contributed by atoms with E-state index < -0.39 is 17.5 Å². The number of amides is 1. The molecule has 0 saturated heterocycles. The van der Waals surface area contributed by atoms with Gasteiger partial charge in [-0.05, 0) is 49.8 Å². The number of carbonyl (C=O) groups is 1. The standard InChI is InChI=1S/C16H16F2N4OS/c1-8-3-6-12(9(2)7-8)20-14-10(4-5-11(17)13(14)18)15(23)21-22-16(19)24/h3-7,20H,1-2H3,(H,21,23)(H3,19,22,24). The minimum atomic E-state index is -1.15. The Labute approximate surface area is 143 Å². The van der Waals surface area contributed by atoms with E-state index in [4.69, 9.17) is 5.73 Å². The van der Waals surface area contributed by atoms with Gasteiger partial charge in [0, 0.05) is 5.69 Å². The van der Waals surface area contributed by atoms with Gasteiger partial charge >= 0.3 is 0 Å². The molecule has 1 amide bonds. The number of rotatable bonds is 3. The van der Waals surface area contributed by atoms with Crippen LogP contribution in [-0.4, -0.2) is 11.0 Å². The highest BCUT2D eigenvalue weighted by Gasteiger charge is 2.19. The Kier molecular flexibility index (Phi) is 5.30. The lowest BCUT2D eigenvalue weighted by molar-refractivity contribution is 0.0944. The van der Waals surface area contributed by atoms with Crippen molar-refractivity contribution in [1.29, 1.82) is 0 Å². The topological polar surface area (TPSA) is 79.2 Å². The number of nitrogens with one attached hydrogen (secondary N) is 3. The third kappa shape index (κ3) is 3.96. The second-order valence-electron chi connectivity index (χ2n) is 5.17. The maximum absolute atomic E-state index is 14.2. The maximum atomic E-state index is 14.2. The van der Waals surface area contributed by atoms with E-state index in [2.05, 4.69) is 28.4 Å². The summed E-state index contributed by atoms with van der Waals surface area (Å²) < 4.78 is 27.8. The Morgan fingerprint density at radius 3 is 2.46 bits per heavy atom. The quantitative estimate of drug-likeness (QED) is 0.506. The van der Waals surface area contributed by atoms with Crippen molar-refractivity contribution < 1.29 is 13.6 Å². The molecule has 0 aliphatic rings. The van der Waals surface area contributed by atoms with Crippen LogP contribution in [0, 0.1) is 25.5 Å². The zero-order chi connectivity index (χ0) is 17.9. The SMILES string of the molecule is Cc1ccc(Nc2c(C(=O)NNC(N)=S)ccc(F)c2F)c(C)c1. The average Bonchev–Trinajstić information content (AvgIpc) is 2.52. The van der Waals surface area contributed by atoms with Crippen molar-refractivity contribution in [3.8, 4) is 0 Å². The second kappa shape index (κ2) is 7.22. The van der Waals surface area contributed by atoms with Gasteiger partial charge in [0.2, 0.25) is 0 Å². The second-order valence-corrected chi connectivity index (χ2v) is 5.61. The minimum Gasteiger partial charge on any atom is -0.375 e. The van der Waals surface area contributed by atoms with E-state index in [1.54, 1.807) is 6.07 Å². The molecule has 0 saturated carbocycles. The van der Waals surface area contributed by atoms with Gasteiger partial charge in [0.15, 0.2) is 16.7 Å². The fraction of sp³-hybridized carbons (Fsp3) is 0.125. The predicted molar refractivity (Wildman–Crippen MR) is 92.9 cm³/mol. The van der Waals surface area contributed by atoms with E-state index in [1.165, 1.54) is 6.07 Å². The molecule has 0 aliphatic heterocycles. The summed E-state index contributed by atoms with van der Waals surface area (Å²) in [5.74, 6) is -2.94. The lowest BCUT2D eigenvalue weighted by atomic mass is 10.1. The summed E-state index contributed by atoms with van der Waals surface area (Å²) in [4.78, 5) is 12.1. The number of halogens is 2. The molecule has 0 unspecified atom stereocenters. The zero-order valence-electron chi connectivity index (χ0n) is 13.0. The molecule has 5 N–H and O–H groups in total. The molecular formula is C16H16F2N4OS. The average molecular weight is 350 g/mol. The van der Waals surface area contributed by atoms with Crippen LogP contribution in [0.4, 0.5) is 20.2 Å². The van der Waals surface area contributed by atoms with E-state index in [0.717, 1.165) is 17.2 Å². The third-order valence-electron chi connectivity index (χ3n) is 3.28. The van der Waals surface area contributed by atoms with E-state index >= 15 is 0 Å². The number of hydrogen-bond acceptors (Lipinski definition) is 3. The number of hydrazine groups is 1. The van der Waals surface area contributed by atoms with E-state index in [9.17, 15) is 13.6 Å². The molecule has 2 rings (SSSR count). The number of anilines is 2. The molecule has 2 aromatic carbocycles. The predicted octanol–water partition coefficient (Wildman–Crippen LogP) is 2.80. The third-order valence-corrected chi connectivity index (χ3v) is 3.38. The van der Waals surface area contributed by atoms with Crippen molar-refractivity contribution in [2.24, 2.45) is 5.73 Å². The van der Waals surface area contributed by atoms with Gasteiger partial charge in [-0.2, -0.15) is 0 Å². The molecule has 0 atom stereocenters. The molecule has 126 valence electrons. The maximum Gasteiger partial charge on any atom is 0.271 e. The van der Waals surface area contributed by atoms with E-state index in [0.29, 0.717) is 5.69 Å². The van der Waals surface area contributed by atoms with E-state index in [-0.39, 0.29) is 16.4 Å². The van der Waals surface area contributed by atoms with Gasteiger partial charge in [0.05, 0.1) is 11.3 Å². The van der Waals surface area contributed by atoms with Crippen LogP contribution in [-0.2, 0) is 0 Å². The smallest absolute Gasteiger partial charge is 0.271 e. The van der Waals surface area contributed by atoms with Crippen molar-refractivity contribution in [1.82, 2.24) is 10.9 Å². The Morgan fingerprint density at radius 1 is 1.12 bits per heavy atom. The highest BCUT2D eigenvalue weighted by molar-refractivity contribution is 7.80. The van der Waals surface area contributed by atoms with Gasteiger partial charge in [0.1, 0.15) is 0 Å². The van der Waals surface area contributed by atoms with Gasteiger partial charge < -0.3 is 11.1 Å². The molecule has 24 heavy (non-hydrogen) atoms. The van der Waals surface area contributed by atoms with Crippen molar-refractivity contribution >= 4 is 34.6 Å². The summed E-state index contributed by atoms with van der Waals surface area (Å²) in [7, 11) is 0. The largest absolute Gasteiger partial charge is 0.375 e. The molecule has 0 heterocycles. The Balaban J connectivity index is 2.41. The van der Waals surface area contributed by atoms with Crippen LogP contribution in [0.5, 0.6) is 0 Å². The highest BCUT2D eigenvalue weighted by Crippen LogP contribution is 2.28. The van der Waals surface area contributed by atoms with Gasteiger partial charge in [-0.1, -0.05) is 17.7 Å². The van der Waals surface area contributed by atoms with Crippen molar-refractivity contribution in [3.63, 3.8) is 0 Å². The fourth-order valence-electron chi connectivity index (χ4n) is 2.14. The number of thiocarbonyl (C=S) groups is 1. The first-order chi connectivity index (χ1) is 11.3. The Bertz CT molecular complexity index is 811. The van der Waals surface area contributed by atoms with Gasteiger partial charge in [-0.3, -0.25) is 15.6 Å². The van der Waals surface area contributed by atoms with Crippen LogP contribution in [0.1, 0.15) is 21.5 Å². The molecule has 2 aromatic rings. The fourth-order valence-corrected chi connectivity index (χ4v) is 2.19. The number of hydrogen-bond donors (Lipinski definition) is 4. The van der Waals surface area contributed by atoms with Gasteiger partial charge in [-0.15, -0.1) is 0 Å². The van der Waals surface area contributed by atoms with Crippen LogP contribution in [0.3, 0.4) is 0 Å². The molecular weight excluding hydrogens is 334 g/mol. The Morgan fingerprint density at radius 2 is 1.83 bits per heavy atom. The van der Waals surface area contributed by atoms with Crippen LogP contribution in [0.2, 0.25) is 0 Å². The molecule has 0 spiro atoms. The molecule has 8 heteroatoms. The van der Waals surface area contributed by atoms with Crippen LogP contribution in [0.15, 0.2) is 30.3 Å². The van der Waals surface area contributed by atoms with E-state index in [1.807, 2.05) is 26.0 Å². The summed E-state index contributed by atoms with van der Waals surface area (Å²) >= 11 is 4.58. The van der Waals surface area contributed by atoms with Crippen LogP contribution >= 0.6 is 12.2 Å². The number of benzene rings is 2. The van der Waals surface area contributed by atoms with Gasteiger partial charge in [0.25, 0.3) is 5.91 Å². The Hall–Kier alpha value is -2.74. The first kappa shape index (κ1) is 17.6. The molecule has 0 bridgehead atoms. The lowest BCUT2D eigenvalue weighted by Crippen LogP contribution is -2.44. The normalized spacial score (nSPS) is 10.2. The zero-order valence-corrected chi connectivity index (χ0v) is 13.9. The lowest BCUT2D eigenvalue weighted by Gasteiger charge is -2.16. The molecule has 0 aromatic heterocycles. The first-order valence-corrected chi connectivity index (χ1v) is 7.38. The number of aryl methyl sites for hydroxylation is 2. The monoisotopic (exact) mass is 350 g/mol. The first-order valence-electron chi connectivity index (χ1n) is 6.97. The molecule has 0 fully saturated rings. The van der Waals surface area contributed by atoms with Gasteiger partial charge in [-0.25, -0.2) is 8.78 Å². The number of nitrogens with two attached hydrogens (primary N) is 1. The summed E-state index contributed by atoms with van der Waals surface area (Å²) in [6.07, 6.45) is 0. The van der Waals surface area contributed by atoms with Crippen LogP contribution in [0.25, 0.3) is 0 Å². The highest BCUT2D eigenvalue weighted by atomic mass is 32.1. The van der Waals surface area contributed by atoms with Crippen molar-refractivity contribution in [2.75, 3.05) is 5.32 Å². The summed E-state index contributed by atoms with van der Waals surface area (Å²) in [6, 6.07) is 7.47. The van der Waals surface area contributed by atoms with Crippen molar-refractivity contribution in [2.45, 2.75) is 13.8 Å².